The first-order valence-corrected chi connectivity index (χ1v) is 5.86. The van der Waals surface area contributed by atoms with Crippen LogP contribution in [0.15, 0.2) is 18.2 Å². The molecule has 0 spiro atoms. The van der Waals surface area contributed by atoms with E-state index in [0.717, 1.165) is 12.1 Å². The van der Waals surface area contributed by atoms with E-state index in [0.29, 0.717) is 18.4 Å². The lowest BCUT2D eigenvalue weighted by Crippen LogP contribution is -2.28. The molecule has 0 fully saturated rings. The maximum atomic E-state index is 12.9. The van der Waals surface area contributed by atoms with Crippen molar-refractivity contribution >= 4 is 5.91 Å². The topological polar surface area (TPSA) is 29.1 Å². The van der Waals surface area contributed by atoms with Gasteiger partial charge in [-0.1, -0.05) is 13.8 Å². The Hall–Kier alpha value is -1.59. The van der Waals surface area contributed by atoms with Crippen molar-refractivity contribution in [3.63, 3.8) is 0 Å². The van der Waals surface area contributed by atoms with E-state index in [9.17, 15) is 22.4 Å². The lowest BCUT2D eigenvalue weighted by molar-refractivity contribution is -0.138. The molecule has 106 valence electrons. The zero-order valence-electron chi connectivity index (χ0n) is 10.6. The van der Waals surface area contributed by atoms with E-state index in [2.05, 4.69) is 5.32 Å². The van der Waals surface area contributed by atoms with Gasteiger partial charge in [0.25, 0.3) is 5.91 Å². The van der Waals surface area contributed by atoms with E-state index in [1.165, 1.54) is 0 Å². The predicted molar refractivity (Wildman–Crippen MR) is 63.2 cm³/mol. The molecule has 0 aliphatic heterocycles. The number of nitrogens with one attached hydrogen (secondary N) is 1. The SMILES string of the molecule is CC(C)CCNC(=O)c1ccc(F)cc1C(F)(F)F. The first kappa shape index (κ1) is 15.5. The van der Waals surface area contributed by atoms with Crippen molar-refractivity contribution in [2.24, 2.45) is 5.92 Å². The summed E-state index contributed by atoms with van der Waals surface area (Å²) in [7, 11) is 0. The second-order valence-electron chi connectivity index (χ2n) is 4.63. The second kappa shape index (κ2) is 6.04. The quantitative estimate of drug-likeness (QED) is 0.837. The van der Waals surface area contributed by atoms with Crippen LogP contribution in [-0.2, 0) is 6.18 Å². The molecule has 19 heavy (non-hydrogen) atoms. The van der Waals surface area contributed by atoms with Gasteiger partial charge in [0, 0.05) is 6.54 Å². The first-order valence-electron chi connectivity index (χ1n) is 5.86. The van der Waals surface area contributed by atoms with E-state index >= 15 is 0 Å². The van der Waals surface area contributed by atoms with Gasteiger partial charge in [-0.2, -0.15) is 13.2 Å². The van der Waals surface area contributed by atoms with Crippen LogP contribution >= 0.6 is 0 Å². The minimum atomic E-state index is -4.76. The van der Waals surface area contributed by atoms with Gasteiger partial charge >= 0.3 is 6.18 Å². The molecule has 1 aromatic rings. The van der Waals surface area contributed by atoms with Crippen molar-refractivity contribution in [3.8, 4) is 0 Å². The number of hydrogen-bond acceptors (Lipinski definition) is 1. The number of amides is 1. The minimum absolute atomic E-state index is 0.283. The molecule has 0 aliphatic rings. The minimum Gasteiger partial charge on any atom is -0.352 e. The Morgan fingerprint density at radius 1 is 1.32 bits per heavy atom. The molecule has 0 atom stereocenters. The summed E-state index contributed by atoms with van der Waals surface area (Å²) in [5, 5.41) is 2.40. The number of rotatable bonds is 4. The van der Waals surface area contributed by atoms with Crippen molar-refractivity contribution < 1.29 is 22.4 Å². The Labute approximate surface area is 108 Å². The van der Waals surface area contributed by atoms with Crippen LogP contribution in [0.2, 0.25) is 0 Å². The standard InChI is InChI=1S/C13H15F4NO/c1-8(2)5-6-18-12(19)10-4-3-9(14)7-11(10)13(15,16)17/h3-4,7-8H,5-6H2,1-2H3,(H,18,19). The largest absolute Gasteiger partial charge is 0.417 e. The number of alkyl halides is 3. The van der Waals surface area contributed by atoms with Crippen LogP contribution in [0.1, 0.15) is 36.2 Å². The molecule has 0 saturated carbocycles. The van der Waals surface area contributed by atoms with E-state index < -0.39 is 29.0 Å². The summed E-state index contributed by atoms with van der Waals surface area (Å²) < 4.78 is 50.9. The summed E-state index contributed by atoms with van der Waals surface area (Å²) in [4.78, 5) is 11.7. The van der Waals surface area contributed by atoms with Gasteiger partial charge in [-0.05, 0) is 30.5 Å². The van der Waals surface area contributed by atoms with Crippen molar-refractivity contribution in [3.05, 3.63) is 35.1 Å². The molecule has 0 unspecified atom stereocenters. The molecule has 6 heteroatoms. The maximum Gasteiger partial charge on any atom is 0.417 e. The van der Waals surface area contributed by atoms with Gasteiger partial charge in [0.05, 0.1) is 11.1 Å². The number of halogens is 4. The molecule has 1 rings (SSSR count). The molecule has 1 N–H and O–H groups in total. The normalized spacial score (nSPS) is 11.7. The summed E-state index contributed by atoms with van der Waals surface area (Å²) in [6.45, 7) is 4.15. The van der Waals surface area contributed by atoms with Crippen LogP contribution in [-0.4, -0.2) is 12.5 Å². The fourth-order valence-electron chi connectivity index (χ4n) is 1.52. The van der Waals surface area contributed by atoms with E-state index in [1.807, 2.05) is 13.8 Å². The first-order chi connectivity index (χ1) is 8.71. The number of hydrogen-bond donors (Lipinski definition) is 1. The monoisotopic (exact) mass is 277 g/mol. The third kappa shape index (κ3) is 4.54. The number of carbonyl (C=O) groups is 1. The summed E-state index contributed by atoms with van der Waals surface area (Å²) in [5.74, 6) is -1.53. The number of carbonyl (C=O) groups excluding carboxylic acids is 1. The third-order valence-corrected chi connectivity index (χ3v) is 2.54. The molecular formula is C13H15F4NO. The predicted octanol–water partition coefficient (Wildman–Crippen LogP) is 3.62. The maximum absolute atomic E-state index is 12.9. The van der Waals surface area contributed by atoms with Crippen molar-refractivity contribution in [1.82, 2.24) is 5.32 Å². The van der Waals surface area contributed by atoms with E-state index in [4.69, 9.17) is 0 Å². The summed E-state index contributed by atoms with van der Waals surface area (Å²) >= 11 is 0. The molecule has 1 aromatic carbocycles. The van der Waals surface area contributed by atoms with Crippen molar-refractivity contribution in [2.45, 2.75) is 26.4 Å². The highest BCUT2D eigenvalue weighted by Crippen LogP contribution is 2.32. The average molecular weight is 277 g/mol. The Morgan fingerprint density at radius 3 is 2.47 bits per heavy atom. The Morgan fingerprint density at radius 2 is 1.95 bits per heavy atom. The highest BCUT2D eigenvalue weighted by atomic mass is 19.4. The lowest BCUT2D eigenvalue weighted by Gasteiger charge is -2.13. The zero-order chi connectivity index (χ0) is 14.6. The zero-order valence-corrected chi connectivity index (χ0v) is 10.6. The van der Waals surface area contributed by atoms with Gasteiger partial charge in [-0.15, -0.1) is 0 Å². The molecule has 0 aromatic heterocycles. The van der Waals surface area contributed by atoms with Crippen LogP contribution in [0.5, 0.6) is 0 Å². The smallest absolute Gasteiger partial charge is 0.352 e. The van der Waals surface area contributed by atoms with E-state index in [1.54, 1.807) is 0 Å². The highest BCUT2D eigenvalue weighted by molar-refractivity contribution is 5.95. The van der Waals surface area contributed by atoms with Crippen LogP contribution < -0.4 is 5.32 Å². The average Bonchev–Trinajstić information content (AvgIpc) is 2.27. The second-order valence-corrected chi connectivity index (χ2v) is 4.63. The van der Waals surface area contributed by atoms with Crippen LogP contribution in [0.4, 0.5) is 17.6 Å². The van der Waals surface area contributed by atoms with Crippen molar-refractivity contribution in [2.75, 3.05) is 6.54 Å². The fraction of sp³-hybridized carbons (Fsp3) is 0.462. The summed E-state index contributed by atoms with van der Waals surface area (Å²) in [6.07, 6.45) is -4.10. The van der Waals surface area contributed by atoms with Gasteiger partial charge in [-0.25, -0.2) is 4.39 Å². The molecule has 0 heterocycles. The molecule has 2 nitrogen and oxygen atoms in total. The van der Waals surface area contributed by atoms with Crippen LogP contribution in [0.25, 0.3) is 0 Å². The van der Waals surface area contributed by atoms with Gasteiger partial charge in [-0.3, -0.25) is 4.79 Å². The third-order valence-electron chi connectivity index (χ3n) is 2.54. The molecular weight excluding hydrogens is 262 g/mol. The summed E-state index contributed by atoms with van der Waals surface area (Å²) in [6, 6.07) is 2.02. The molecule has 0 bridgehead atoms. The van der Waals surface area contributed by atoms with Gasteiger partial charge in [0.15, 0.2) is 0 Å². The van der Waals surface area contributed by atoms with Crippen LogP contribution in [0, 0.1) is 11.7 Å². The highest BCUT2D eigenvalue weighted by Gasteiger charge is 2.35. The molecule has 0 saturated heterocycles. The molecule has 0 aliphatic carbocycles. The molecule has 1 amide bonds. The number of benzene rings is 1. The van der Waals surface area contributed by atoms with Crippen molar-refractivity contribution in [1.29, 1.82) is 0 Å². The Balaban J connectivity index is 2.91. The van der Waals surface area contributed by atoms with Gasteiger partial charge in [0.2, 0.25) is 0 Å². The summed E-state index contributed by atoms with van der Waals surface area (Å²) in [5.41, 5.74) is -1.81. The van der Waals surface area contributed by atoms with E-state index in [-0.39, 0.29) is 6.54 Å². The van der Waals surface area contributed by atoms with Gasteiger partial charge in [0.1, 0.15) is 5.82 Å². The molecule has 0 radical (unpaired) electrons. The lowest BCUT2D eigenvalue weighted by atomic mass is 10.1. The fourth-order valence-corrected chi connectivity index (χ4v) is 1.52. The Bertz CT molecular complexity index is 454. The van der Waals surface area contributed by atoms with Gasteiger partial charge < -0.3 is 5.32 Å². The van der Waals surface area contributed by atoms with Crippen LogP contribution in [0.3, 0.4) is 0 Å². The Kier molecular flexibility index (Phi) is 4.91.